The highest BCUT2D eigenvalue weighted by Crippen LogP contribution is 2.44. The molecule has 12 heavy (non-hydrogen) atoms. The summed E-state index contributed by atoms with van der Waals surface area (Å²) in [6.07, 6.45) is 4.63. The van der Waals surface area contributed by atoms with Gasteiger partial charge in [-0.05, 0) is 25.7 Å². The maximum absolute atomic E-state index is 11.5. The molecule has 2 rings (SSSR count). The minimum Gasteiger partial charge on any atom is -0.338 e. The fourth-order valence-electron chi connectivity index (χ4n) is 2.04. The van der Waals surface area contributed by atoms with Crippen LogP contribution < -0.4 is 5.32 Å². The lowest BCUT2D eigenvalue weighted by Crippen LogP contribution is -2.52. The first kappa shape index (κ1) is 7.90. The van der Waals surface area contributed by atoms with E-state index in [0.29, 0.717) is 0 Å². The number of carbonyl (C=O) groups is 1. The average molecular weight is 168 g/mol. The van der Waals surface area contributed by atoms with Gasteiger partial charge >= 0.3 is 6.03 Å². The van der Waals surface area contributed by atoms with Gasteiger partial charge in [-0.3, -0.25) is 0 Å². The molecule has 0 bridgehead atoms. The normalized spacial score (nSPS) is 26.8. The van der Waals surface area contributed by atoms with Crippen molar-refractivity contribution in [3.63, 3.8) is 0 Å². The van der Waals surface area contributed by atoms with Crippen LogP contribution in [0, 0.1) is 0 Å². The molecule has 2 fully saturated rings. The fourth-order valence-corrected chi connectivity index (χ4v) is 2.04. The Hall–Kier alpha value is -0.730. The average Bonchev–Trinajstić information content (AvgIpc) is 2.86. The van der Waals surface area contributed by atoms with Crippen molar-refractivity contribution in [3.8, 4) is 0 Å². The zero-order chi connectivity index (χ0) is 8.60. The van der Waals surface area contributed by atoms with Crippen molar-refractivity contribution in [1.82, 2.24) is 10.2 Å². The maximum atomic E-state index is 11.5. The Balaban J connectivity index is 2.06. The lowest BCUT2D eigenvalue weighted by Gasteiger charge is -2.34. The van der Waals surface area contributed by atoms with Crippen LogP contribution in [-0.4, -0.2) is 29.6 Å². The van der Waals surface area contributed by atoms with Crippen molar-refractivity contribution in [2.24, 2.45) is 0 Å². The summed E-state index contributed by atoms with van der Waals surface area (Å²) in [5, 5.41) is 2.90. The number of amides is 2. The van der Waals surface area contributed by atoms with Gasteiger partial charge in [0.15, 0.2) is 0 Å². The molecule has 0 radical (unpaired) electrons. The van der Waals surface area contributed by atoms with Gasteiger partial charge in [0, 0.05) is 18.6 Å². The number of rotatable bonds is 2. The van der Waals surface area contributed by atoms with Crippen LogP contribution in [0.1, 0.15) is 32.6 Å². The SMILES string of the molecule is CCC1(N2CCCNC2=O)CC1. The lowest BCUT2D eigenvalue weighted by molar-refractivity contribution is 0.150. The molecule has 0 unspecified atom stereocenters. The van der Waals surface area contributed by atoms with Gasteiger partial charge in [0.05, 0.1) is 0 Å². The van der Waals surface area contributed by atoms with Gasteiger partial charge in [-0.2, -0.15) is 0 Å². The van der Waals surface area contributed by atoms with Crippen LogP contribution in [-0.2, 0) is 0 Å². The van der Waals surface area contributed by atoms with Gasteiger partial charge in [0.1, 0.15) is 0 Å². The van der Waals surface area contributed by atoms with Gasteiger partial charge in [-0.1, -0.05) is 6.92 Å². The number of hydrogen-bond donors (Lipinski definition) is 1. The van der Waals surface area contributed by atoms with Gasteiger partial charge in [-0.25, -0.2) is 4.79 Å². The van der Waals surface area contributed by atoms with Crippen molar-refractivity contribution in [3.05, 3.63) is 0 Å². The third kappa shape index (κ3) is 1.08. The van der Waals surface area contributed by atoms with Crippen molar-refractivity contribution < 1.29 is 4.79 Å². The van der Waals surface area contributed by atoms with Crippen LogP contribution in [0.15, 0.2) is 0 Å². The predicted molar refractivity (Wildman–Crippen MR) is 47.0 cm³/mol. The van der Waals surface area contributed by atoms with Crippen LogP contribution in [0.4, 0.5) is 4.79 Å². The smallest absolute Gasteiger partial charge is 0.317 e. The summed E-state index contributed by atoms with van der Waals surface area (Å²) in [6, 6.07) is 0.153. The fraction of sp³-hybridized carbons (Fsp3) is 0.889. The molecule has 0 aromatic heterocycles. The molecule has 68 valence electrons. The molecule has 0 aromatic rings. The van der Waals surface area contributed by atoms with E-state index in [4.69, 9.17) is 0 Å². The molecule has 0 spiro atoms. The first-order valence-corrected chi connectivity index (χ1v) is 4.84. The van der Waals surface area contributed by atoms with Crippen LogP contribution >= 0.6 is 0 Å². The summed E-state index contributed by atoms with van der Waals surface area (Å²) >= 11 is 0. The van der Waals surface area contributed by atoms with E-state index in [1.165, 1.54) is 12.8 Å². The highest BCUT2D eigenvalue weighted by molar-refractivity contribution is 5.76. The largest absolute Gasteiger partial charge is 0.338 e. The molecule has 1 N–H and O–H groups in total. The molecular formula is C9H16N2O. The number of nitrogens with zero attached hydrogens (tertiary/aromatic N) is 1. The van der Waals surface area contributed by atoms with E-state index in [-0.39, 0.29) is 11.6 Å². The lowest BCUT2D eigenvalue weighted by atomic mass is 10.1. The van der Waals surface area contributed by atoms with Crippen molar-refractivity contribution in [2.45, 2.75) is 38.1 Å². The second kappa shape index (κ2) is 2.64. The molecule has 1 aliphatic carbocycles. The van der Waals surface area contributed by atoms with Crippen molar-refractivity contribution in [1.29, 1.82) is 0 Å². The van der Waals surface area contributed by atoms with E-state index in [1.54, 1.807) is 0 Å². The quantitative estimate of drug-likeness (QED) is 0.663. The van der Waals surface area contributed by atoms with E-state index in [0.717, 1.165) is 25.9 Å². The summed E-state index contributed by atoms with van der Waals surface area (Å²) in [7, 11) is 0. The summed E-state index contributed by atoms with van der Waals surface area (Å²) < 4.78 is 0. The van der Waals surface area contributed by atoms with Gasteiger partial charge in [0.2, 0.25) is 0 Å². The number of urea groups is 1. The van der Waals surface area contributed by atoms with Crippen LogP contribution in [0.25, 0.3) is 0 Å². The summed E-state index contributed by atoms with van der Waals surface area (Å²) in [5.41, 5.74) is 0.254. The summed E-state index contributed by atoms with van der Waals surface area (Å²) in [5.74, 6) is 0. The molecule has 2 amide bonds. The van der Waals surface area contributed by atoms with Crippen LogP contribution in [0.3, 0.4) is 0 Å². The van der Waals surface area contributed by atoms with E-state index in [1.807, 2.05) is 4.90 Å². The summed E-state index contributed by atoms with van der Waals surface area (Å²) in [4.78, 5) is 13.5. The third-order valence-corrected chi connectivity index (χ3v) is 3.14. The van der Waals surface area contributed by atoms with E-state index < -0.39 is 0 Å². The molecule has 3 nitrogen and oxygen atoms in total. The molecule has 2 aliphatic rings. The number of nitrogens with one attached hydrogen (secondary N) is 1. The van der Waals surface area contributed by atoms with E-state index >= 15 is 0 Å². The third-order valence-electron chi connectivity index (χ3n) is 3.14. The second-order valence-electron chi connectivity index (χ2n) is 3.82. The van der Waals surface area contributed by atoms with Gasteiger partial charge < -0.3 is 10.2 Å². The number of carbonyl (C=O) groups excluding carboxylic acids is 1. The monoisotopic (exact) mass is 168 g/mol. The Labute approximate surface area is 73.1 Å². The molecule has 0 aromatic carbocycles. The topological polar surface area (TPSA) is 32.3 Å². The maximum Gasteiger partial charge on any atom is 0.317 e. The second-order valence-corrected chi connectivity index (χ2v) is 3.82. The Morgan fingerprint density at radius 2 is 2.33 bits per heavy atom. The van der Waals surface area contributed by atoms with E-state index in [9.17, 15) is 4.79 Å². The Kier molecular flexibility index (Phi) is 1.74. The molecule has 1 saturated carbocycles. The minimum atomic E-state index is 0.153. The highest BCUT2D eigenvalue weighted by atomic mass is 16.2. The minimum absolute atomic E-state index is 0.153. The number of hydrogen-bond acceptors (Lipinski definition) is 1. The standard InChI is InChI=1S/C9H16N2O/c1-2-9(4-5-9)11-7-3-6-10-8(11)12/h2-7H2,1H3,(H,10,12). The van der Waals surface area contributed by atoms with Gasteiger partial charge in [-0.15, -0.1) is 0 Å². The van der Waals surface area contributed by atoms with Crippen LogP contribution in [0.2, 0.25) is 0 Å². The first-order valence-electron chi connectivity index (χ1n) is 4.84. The van der Waals surface area contributed by atoms with Crippen molar-refractivity contribution >= 4 is 6.03 Å². The molecule has 0 atom stereocenters. The first-order chi connectivity index (χ1) is 5.78. The predicted octanol–water partition coefficient (Wildman–Crippen LogP) is 1.34. The molecule has 1 heterocycles. The van der Waals surface area contributed by atoms with Gasteiger partial charge in [0.25, 0.3) is 0 Å². The van der Waals surface area contributed by atoms with Crippen molar-refractivity contribution in [2.75, 3.05) is 13.1 Å². The van der Waals surface area contributed by atoms with E-state index in [2.05, 4.69) is 12.2 Å². The molecule has 1 saturated heterocycles. The van der Waals surface area contributed by atoms with Crippen LogP contribution in [0.5, 0.6) is 0 Å². The zero-order valence-corrected chi connectivity index (χ0v) is 7.60. The Morgan fingerprint density at radius 1 is 1.58 bits per heavy atom. The molecular weight excluding hydrogens is 152 g/mol. The zero-order valence-electron chi connectivity index (χ0n) is 7.60. The molecule has 3 heteroatoms. The Morgan fingerprint density at radius 3 is 2.83 bits per heavy atom. The highest BCUT2D eigenvalue weighted by Gasteiger charge is 2.48. The Bertz CT molecular complexity index is 199. The molecule has 1 aliphatic heterocycles. The summed E-state index contributed by atoms with van der Waals surface area (Å²) in [6.45, 7) is 3.99.